The zero-order chi connectivity index (χ0) is 15.0. The number of benzene rings is 1. The van der Waals surface area contributed by atoms with Gasteiger partial charge in [-0.2, -0.15) is 0 Å². The first-order valence-corrected chi connectivity index (χ1v) is 7.97. The van der Waals surface area contributed by atoms with Gasteiger partial charge < -0.3 is 4.98 Å². The van der Waals surface area contributed by atoms with E-state index >= 15 is 0 Å². The minimum absolute atomic E-state index is 0.272. The van der Waals surface area contributed by atoms with Crippen LogP contribution in [0.15, 0.2) is 40.4 Å². The molecule has 7 heteroatoms. The first-order chi connectivity index (χ1) is 10.1. The summed E-state index contributed by atoms with van der Waals surface area (Å²) >= 11 is 13.9. The molecule has 2 heterocycles. The summed E-state index contributed by atoms with van der Waals surface area (Å²) in [6, 6.07) is 6.91. The van der Waals surface area contributed by atoms with Gasteiger partial charge >= 0.3 is 0 Å². The molecule has 1 N–H and O–H groups in total. The van der Waals surface area contributed by atoms with Crippen LogP contribution in [-0.2, 0) is 0 Å². The summed E-state index contributed by atoms with van der Waals surface area (Å²) < 4.78 is 0. The molecule has 0 atom stereocenters. The Kier molecular flexibility index (Phi) is 3.89. The minimum Gasteiger partial charge on any atom is -0.328 e. The van der Waals surface area contributed by atoms with Crippen molar-refractivity contribution >= 4 is 45.9 Å². The lowest BCUT2D eigenvalue weighted by molar-refractivity contribution is 1.01. The van der Waals surface area contributed by atoms with Crippen LogP contribution < -0.4 is 5.56 Å². The molecule has 0 fully saturated rings. The van der Waals surface area contributed by atoms with Crippen molar-refractivity contribution in [3.63, 3.8) is 0 Å². The van der Waals surface area contributed by atoms with Crippen molar-refractivity contribution < 1.29 is 0 Å². The Morgan fingerprint density at radius 3 is 2.52 bits per heavy atom. The minimum atomic E-state index is -0.272. The number of rotatable bonds is 2. The highest BCUT2D eigenvalue weighted by Gasteiger charge is 2.17. The van der Waals surface area contributed by atoms with E-state index in [0.29, 0.717) is 37.4 Å². The summed E-state index contributed by atoms with van der Waals surface area (Å²) in [4.78, 5) is 23.6. The van der Waals surface area contributed by atoms with Crippen LogP contribution >= 0.6 is 35.0 Å². The Hall–Kier alpha value is -1.56. The van der Waals surface area contributed by atoms with E-state index in [9.17, 15) is 4.79 Å². The van der Waals surface area contributed by atoms with E-state index in [2.05, 4.69) is 15.0 Å². The van der Waals surface area contributed by atoms with Crippen molar-refractivity contribution in [2.24, 2.45) is 0 Å². The molecular weight excluding hydrogens is 329 g/mol. The quantitative estimate of drug-likeness (QED) is 0.566. The number of pyridine rings is 1. The van der Waals surface area contributed by atoms with E-state index in [-0.39, 0.29) is 5.56 Å². The lowest BCUT2D eigenvalue weighted by Gasteiger charge is -2.10. The van der Waals surface area contributed by atoms with Gasteiger partial charge in [0.05, 0.1) is 26.6 Å². The van der Waals surface area contributed by atoms with Gasteiger partial charge in [0.2, 0.25) is 0 Å². The van der Waals surface area contributed by atoms with E-state index < -0.39 is 0 Å². The fourth-order valence-electron chi connectivity index (χ4n) is 2.07. The fraction of sp³-hybridized carbons (Fsp3) is 0.0714. The van der Waals surface area contributed by atoms with E-state index in [0.717, 1.165) is 0 Å². The maximum Gasteiger partial charge on any atom is 0.259 e. The molecule has 0 aliphatic rings. The van der Waals surface area contributed by atoms with Crippen LogP contribution in [0, 0.1) is 0 Å². The van der Waals surface area contributed by atoms with Crippen molar-refractivity contribution in [1.29, 1.82) is 0 Å². The predicted molar refractivity (Wildman–Crippen MR) is 87.4 cm³/mol. The Balaban J connectivity index is 2.49. The molecule has 0 amide bonds. The van der Waals surface area contributed by atoms with Crippen molar-refractivity contribution in [3.8, 4) is 11.3 Å². The molecule has 0 aliphatic carbocycles. The summed E-state index contributed by atoms with van der Waals surface area (Å²) in [6.45, 7) is 0. The molecule has 0 radical (unpaired) electrons. The fourth-order valence-corrected chi connectivity index (χ4v) is 3.01. The van der Waals surface area contributed by atoms with Crippen LogP contribution in [0.2, 0.25) is 10.0 Å². The van der Waals surface area contributed by atoms with Crippen molar-refractivity contribution in [2.45, 2.75) is 5.16 Å². The Labute approximate surface area is 134 Å². The Morgan fingerprint density at radius 1 is 1.14 bits per heavy atom. The first-order valence-electron chi connectivity index (χ1n) is 5.99. The average molecular weight is 338 g/mol. The summed E-state index contributed by atoms with van der Waals surface area (Å²) in [6.07, 6.45) is 3.42. The van der Waals surface area contributed by atoms with Gasteiger partial charge in [0, 0.05) is 11.8 Å². The topological polar surface area (TPSA) is 58.6 Å². The van der Waals surface area contributed by atoms with Crippen molar-refractivity contribution in [3.05, 3.63) is 50.9 Å². The normalized spacial score (nSPS) is 11.0. The SMILES string of the molecule is CSc1nc(-c2c(Cl)cccc2Cl)c2c(=O)[nH]ccc2n1. The third-order valence-corrected chi connectivity index (χ3v) is 4.16. The maximum absolute atomic E-state index is 12.2. The second-order valence-electron chi connectivity index (χ2n) is 4.22. The lowest BCUT2D eigenvalue weighted by Crippen LogP contribution is -2.09. The summed E-state index contributed by atoms with van der Waals surface area (Å²) in [5.74, 6) is 0. The molecule has 3 aromatic rings. The highest BCUT2D eigenvalue weighted by atomic mass is 35.5. The van der Waals surface area contributed by atoms with Crippen LogP contribution in [0.3, 0.4) is 0 Å². The number of H-pyrrole nitrogens is 1. The molecule has 3 rings (SSSR count). The molecule has 106 valence electrons. The molecule has 0 aliphatic heterocycles. The molecule has 0 saturated carbocycles. The van der Waals surface area contributed by atoms with Crippen LogP contribution in [0.5, 0.6) is 0 Å². The number of halogens is 2. The van der Waals surface area contributed by atoms with Crippen molar-refractivity contribution in [2.75, 3.05) is 6.26 Å². The second kappa shape index (κ2) is 5.67. The third-order valence-electron chi connectivity index (χ3n) is 2.98. The lowest BCUT2D eigenvalue weighted by atomic mass is 10.1. The molecule has 0 bridgehead atoms. The van der Waals surface area contributed by atoms with Gasteiger partial charge in [0.25, 0.3) is 5.56 Å². The van der Waals surface area contributed by atoms with Gasteiger partial charge in [-0.05, 0) is 24.5 Å². The molecule has 0 spiro atoms. The monoisotopic (exact) mass is 337 g/mol. The molecule has 21 heavy (non-hydrogen) atoms. The van der Waals surface area contributed by atoms with Crippen LogP contribution in [0.4, 0.5) is 0 Å². The summed E-state index contributed by atoms with van der Waals surface area (Å²) in [5.41, 5.74) is 1.28. The zero-order valence-corrected chi connectivity index (χ0v) is 13.2. The number of hydrogen-bond acceptors (Lipinski definition) is 4. The van der Waals surface area contributed by atoms with E-state index in [4.69, 9.17) is 23.2 Å². The number of fused-ring (bicyclic) bond motifs is 1. The van der Waals surface area contributed by atoms with E-state index in [1.54, 1.807) is 30.5 Å². The maximum atomic E-state index is 12.2. The zero-order valence-electron chi connectivity index (χ0n) is 10.9. The van der Waals surface area contributed by atoms with Gasteiger partial charge in [-0.3, -0.25) is 4.79 Å². The van der Waals surface area contributed by atoms with Crippen molar-refractivity contribution in [1.82, 2.24) is 15.0 Å². The number of hydrogen-bond donors (Lipinski definition) is 1. The van der Waals surface area contributed by atoms with Gasteiger partial charge in [-0.15, -0.1) is 0 Å². The Bertz CT molecular complexity index is 875. The number of nitrogens with zero attached hydrogens (tertiary/aromatic N) is 2. The number of nitrogens with one attached hydrogen (secondary N) is 1. The second-order valence-corrected chi connectivity index (χ2v) is 5.81. The molecule has 2 aromatic heterocycles. The molecular formula is C14H9Cl2N3OS. The van der Waals surface area contributed by atoms with Gasteiger partial charge in [-0.1, -0.05) is 41.0 Å². The summed E-state index contributed by atoms with van der Waals surface area (Å²) in [5, 5.41) is 1.82. The van der Waals surface area contributed by atoms with Crippen LogP contribution in [0.25, 0.3) is 22.2 Å². The third kappa shape index (κ3) is 2.52. The smallest absolute Gasteiger partial charge is 0.259 e. The van der Waals surface area contributed by atoms with E-state index in [1.165, 1.54) is 11.8 Å². The number of aromatic nitrogens is 3. The average Bonchev–Trinajstić information content (AvgIpc) is 2.46. The Morgan fingerprint density at radius 2 is 1.86 bits per heavy atom. The largest absolute Gasteiger partial charge is 0.328 e. The molecule has 1 aromatic carbocycles. The van der Waals surface area contributed by atoms with Gasteiger partial charge in [0.1, 0.15) is 0 Å². The first kappa shape index (κ1) is 14.4. The highest BCUT2D eigenvalue weighted by Crippen LogP contribution is 2.36. The molecule has 4 nitrogen and oxygen atoms in total. The van der Waals surface area contributed by atoms with E-state index in [1.807, 2.05) is 6.26 Å². The van der Waals surface area contributed by atoms with Crippen LogP contribution in [-0.4, -0.2) is 21.2 Å². The number of aromatic amines is 1. The van der Waals surface area contributed by atoms with Gasteiger partial charge in [-0.25, -0.2) is 9.97 Å². The molecule has 0 unspecified atom stereocenters. The predicted octanol–water partition coefficient (Wildman–Crippen LogP) is 4.01. The highest BCUT2D eigenvalue weighted by molar-refractivity contribution is 7.98. The van der Waals surface area contributed by atoms with Crippen LogP contribution in [0.1, 0.15) is 0 Å². The number of thioether (sulfide) groups is 1. The summed E-state index contributed by atoms with van der Waals surface area (Å²) in [7, 11) is 0. The standard InChI is InChI=1S/C14H9Cl2N3OS/c1-21-14-18-9-5-6-17-13(20)11(9)12(19-14)10-7(15)3-2-4-8(10)16/h2-6H,1H3,(H,17,20). The molecule has 0 saturated heterocycles. The van der Waals surface area contributed by atoms with Gasteiger partial charge in [0.15, 0.2) is 5.16 Å².